The minimum absolute atomic E-state index is 0.0937. The van der Waals surface area contributed by atoms with Crippen LogP contribution in [0.2, 0.25) is 0 Å². The van der Waals surface area contributed by atoms with E-state index in [1.165, 1.54) is 17.0 Å². The van der Waals surface area contributed by atoms with Crippen LogP contribution in [0.1, 0.15) is 41.8 Å². The number of hydrogen-bond donors (Lipinski definition) is 0. The molecule has 2 aliphatic rings. The first-order valence-corrected chi connectivity index (χ1v) is 10.9. The third-order valence-electron chi connectivity index (χ3n) is 5.77. The van der Waals surface area contributed by atoms with Crippen LogP contribution in [0.4, 0.5) is 15.8 Å². The predicted molar refractivity (Wildman–Crippen MR) is 124 cm³/mol. The lowest BCUT2D eigenvalue weighted by Crippen LogP contribution is -2.50. The average Bonchev–Trinajstić information content (AvgIpc) is 3.31. The second kappa shape index (κ2) is 8.54. The van der Waals surface area contributed by atoms with Gasteiger partial charge in [-0.2, -0.15) is 5.26 Å². The van der Waals surface area contributed by atoms with Gasteiger partial charge in [0.25, 0.3) is 5.91 Å². The summed E-state index contributed by atoms with van der Waals surface area (Å²) in [4.78, 5) is 28.8. The van der Waals surface area contributed by atoms with Crippen molar-refractivity contribution in [2.45, 2.75) is 38.8 Å². The van der Waals surface area contributed by atoms with E-state index in [9.17, 15) is 19.2 Å². The van der Waals surface area contributed by atoms with Crippen LogP contribution < -0.4 is 9.80 Å². The van der Waals surface area contributed by atoms with Crippen LogP contribution in [0.3, 0.4) is 0 Å². The number of carbonyl (C=O) groups is 2. The molecule has 2 aromatic rings. The molecule has 1 spiro atoms. The number of aryl methyl sites for hydroxylation is 1. The number of ether oxygens (including phenoxy) is 2. The molecule has 9 heteroatoms. The van der Waals surface area contributed by atoms with E-state index in [1.54, 1.807) is 49.9 Å². The molecule has 33 heavy (non-hydrogen) atoms. The molecule has 0 aromatic heterocycles. The summed E-state index contributed by atoms with van der Waals surface area (Å²) in [6.07, 6.45) is -0.0139. The SMILES string of the molecule is Cc1cc(N2C(=O)[C@]3(CCOC3)N(c3ccc(C(=O)OC(C)C)c(F)c3)C2=S)ccc1C#N. The normalized spacial score (nSPS) is 20.1. The molecule has 0 saturated carbocycles. The third kappa shape index (κ3) is 3.75. The number of hydrogen-bond acceptors (Lipinski definition) is 6. The minimum Gasteiger partial charge on any atom is -0.459 e. The molecule has 7 nitrogen and oxygen atoms in total. The fraction of sp³-hybridized carbons (Fsp3) is 0.333. The third-order valence-corrected chi connectivity index (χ3v) is 6.14. The number of esters is 1. The van der Waals surface area contributed by atoms with E-state index in [2.05, 4.69) is 6.07 Å². The molecule has 4 rings (SSSR count). The summed E-state index contributed by atoms with van der Waals surface area (Å²) in [7, 11) is 0. The Morgan fingerprint density at radius 1 is 1.27 bits per heavy atom. The van der Waals surface area contributed by atoms with Gasteiger partial charge in [-0.05, 0) is 75.0 Å². The second-order valence-electron chi connectivity index (χ2n) is 8.32. The van der Waals surface area contributed by atoms with Gasteiger partial charge in [0.2, 0.25) is 0 Å². The number of amides is 1. The number of halogens is 1. The topological polar surface area (TPSA) is 82.9 Å². The van der Waals surface area contributed by atoms with Crippen molar-refractivity contribution < 1.29 is 23.5 Å². The van der Waals surface area contributed by atoms with Crippen molar-refractivity contribution in [3.05, 3.63) is 58.9 Å². The maximum absolute atomic E-state index is 14.9. The second-order valence-corrected chi connectivity index (χ2v) is 8.69. The molecule has 1 atom stereocenters. The molecule has 0 unspecified atom stereocenters. The highest BCUT2D eigenvalue weighted by atomic mass is 32.1. The zero-order chi connectivity index (χ0) is 23.9. The number of nitrogens with zero attached hydrogens (tertiary/aromatic N) is 3. The Balaban J connectivity index is 1.76. The van der Waals surface area contributed by atoms with E-state index in [1.807, 2.05) is 0 Å². The van der Waals surface area contributed by atoms with Crippen molar-refractivity contribution in [3.8, 4) is 6.07 Å². The molecular weight excluding hydrogens is 445 g/mol. The lowest BCUT2D eigenvalue weighted by molar-refractivity contribution is -0.121. The van der Waals surface area contributed by atoms with Crippen LogP contribution in [-0.4, -0.2) is 41.8 Å². The zero-order valence-corrected chi connectivity index (χ0v) is 19.2. The summed E-state index contributed by atoms with van der Waals surface area (Å²) >= 11 is 5.70. The van der Waals surface area contributed by atoms with Gasteiger partial charge in [0.05, 0.1) is 35.6 Å². The van der Waals surface area contributed by atoms with E-state index in [0.717, 1.165) is 0 Å². The van der Waals surface area contributed by atoms with Gasteiger partial charge in [0, 0.05) is 18.7 Å². The van der Waals surface area contributed by atoms with Crippen molar-refractivity contribution in [2.24, 2.45) is 0 Å². The van der Waals surface area contributed by atoms with E-state index < -0.39 is 17.3 Å². The molecule has 2 fully saturated rings. The van der Waals surface area contributed by atoms with Gasteiger partial charge in [-0.25, -0.2) is 9.18 Å². The zero-order valence-electron chi connectivity index (χ0n) is 18.4. The molecule has 1 amide bonds. The number of thiocarbonyl (C=S) groups is 1. The molecule has 0 bridgehead atoms. The molecule has 2 aliphatic heterocycles. The first-order valence-electron chi connectivity index (χ1n) is 10.5. The molecule has 0 aliphatic carbocycles. The van der Waals surface area contributed by atoms with Crippen molar-refractivity contribution in [1.82, 2.24) is 0 Å². The molecule has 2 heterocycles. The van der Waals surface area contributed by atoms with Gasteiger partial charge in [0.15, 0.2) is 10.7 Å². The Labute approximate surface area is 196 Å². The summed E-state index contributed by atoms with van der Waals surface area (Å²) in [6.45, 7) is 5.59. The molecule has 0 radical (unpaired) electrons. The van der Waals surface area contributed by atoms with Crippen LogP contribution in [0.15, 0.2) is 36.4 Å². The van der Waals surface area contributed by atoms with Crippen LogP contribution in [-0.2, 0) is 14.3 Å². The number of nitriles is 1. The fourth-order valence-electron chi connectivity index (χ4n) is 4.16. The monoisotopic (exact) mass is 467 g/mol. The summed E-state index contributed by atoms with van der Waals surface area (Å²) in [5, 5.41) is 9.40. The first-order chi connectivity index (χ1) is 15.7. The van der Waals surface area contributed by atoms with Crippen molar-refractivity contribution in [1.29, 1.82) is 5.26 Å². The number of rotatable bonds is 4. The number of anilines is 2. The highest BCUT2D eigenvalue weighted by Crippen LogP contribution is 2.41. The van der Waals surface area contributed by atoms with E-state index in [-0.39, 0.29) is 29.3 Å². The quantitative estimate of drug-likeness (QED) is 0.499. The standard InChI is InChI=1S/C24H22FN3O4S/c1-14(2)32-21(29)19-7-6-18(11-20(19)25)28-23(33)27(22(30)24(28)8-9-31-13-24)17-5-4-16(12-26)15(3)10-17/h4-7,10-11,14H,8-9,13H2,1-3H3/t24-/m1/s1. The van der Waals surface area contributed by atoms with Gasteiger partial charge >= 0.3 is 5.97 Å². The van der Waals surface area contributed by atoms with Gasteiger partial charge in [0.1, 0.15) is 5.82 Å². The molecule has 2 aromatic carbocycles. The lowest BCUT2D eigenvalue weighted by atomic mass is 9.95. The highest BCUT2D eigenvalue weighted by Gasteiger charge is 2.58. The van der Waals surface area contributed by atoms with Crippen LogP contribution in [0.5, 0.6) is 0 Å². The maximum atomic E-state index is 14.9. The van der Waals surface area contributed by atoms with Crippen LogP contribution in [0.25, 0.3) is 0 Å². The average molecular weight is 468 g/mol. The smallest absolute Gasteiger partial charge is 0.341 e. The fourth-order valence-corrected chi connectivity index (χ4v) is 4.63. The van der Waals surface area contributed by atoms with E-state index in [0.29, 0.717) is 35.5 Å². The van der Waals surface area contributed by atoms with Gasteiger partial charge < -0.3 is 14.4 Å². The number of carbonyl (C=O) groups excluding carboxylic acids is 2. The Bertz CT molecular complexity index is 1200. The van der Waals surface area contributed by atoms with E-state index >= 15 is 0 Å². The number of benzene rings is 2. The minimum atomic E-state index is -1.12. The highest BCUT2D eigenvalue weighted by molar-refractivity contribution is 7.81. The molecule has 170 valence electrons. The lowest BCUT2D eigenvalue weighted by Gasteiger charge is -2.31. The van der Waals surface area contributed by atoms with Crippen molar-refractivity contribution in [2.75, 3.05) is 23.0 Å². The Hall–Kier alpha value is -3.35. The van der Waals surface area contributed by atoms with Crippen LogP contribution in [0, 0.1) is 24.1 Å². The van der Waals surface area contributed by atoms with Crippen LogP contribution >= 0.6 is 12.2 Å². The Morgan fingerprint density at radius 2 is 2.00 bits per heavy atom. The summed E-state index contributed by atoms with van der Waals surface area (Å²) in [6, 6.07) is 11.2. The largest absolute Gasteiger partial charge is 0.459 e. The van der Waals surface area contributed by atoms with Gasteiger partial charge in [-0.1, -0.05) is 0 Å². The molecule has 2 saturated heterocycles. The maximum Gasteiger partial charge on any atom is 0.341 e. The predicted octanol–water partition coefficient (Wildman–Crippen LogP) is 3.87. The van der Waals surface area contributed by atoms with Gasteiger partial charge in [-0.3, -0.25) is 9.69 Å². The summed E-state index contributed by atoms with van der Waals surface area (Å²) in [5.74, 6) is -1.81. The van der Waals surface area contributed by atoms with Crippen molar-refractivity contribution in [3.63, 3.8) is 0 Å². The first kappa shape index (κ1) is 22.8. The van der Waals surface area contributed by atoms with E-state index in [4.69, 9.17) is 21.7 Å². The summed E-state index contributed by atoms with van der Waals surface area (Å²) < 4.78 is 25.6. The molecular formula is C24H22FN3O4S. The Kier molecular flexibility index (Phi) is 5.91. The Morgan fingerprint density at radius 3 is 2.58 bits per heavy atom. The van der Waals surface area contributed by atoms with Gasteiger partial charge in [-0.15, -0.1) is 0 Å². The van der Waals surface area contributed by atoms with Crippen molar-refractivity contribution >= 4 is 40.6 Å². The summed E-state index contributed by atoms with van der Waals surface area (Å²) in [5.41, 5.74) is 0.752. The molecule has 0 N–H and O–H groups in total.